The lowest BCUT2D eigenvalue weighted by Gasteiger charge is -2.12. The molecule has 0 radical (unpaired) electrons. The molecule has 3 aromatic carbocycles. The molecule has 3 rings (SSSR count). The molecule has 0 spiro atoms. The zero-order valence-corrected chi connectivity index (χ0v) is 15.7. The van der Waals surface area contributed by atoms with Gasteiger partial charge >= 0.3 is 0 Å². The fourth-order valence-corrected chi connectivity index (χ4v) is 2.90. The van der Waals surface area contributed by atoms with Crippen LogP contribution in [0.15, 0.2) is 78.9 Å². The first-order valence-electron chi connectivity index (χ1n) is 9.25. The van der Waals surface area contributed by atoms with Crippen LogP contribution in [-0.2, 0) is 4.79 Å². The maximum Gasteiger partial charge on any atom is 0.290 e. The summed E-state index contributed by atoms with van der Waals surface area (Å²) in [5, 5.41) is 6.89. The number of ether oxygens (including phenoxy) is 1. The van der Waals surface area contributed by atoms with Crippen molar-refractivity contribution in [2.75, 3.05) is 6.61 Å². The molecule has 0 amide bonds. The van der Waals surface area contributed by atoms with Gasteiger partial charge in [-0.1, -0.05) is 86.5 Å². The molecule has 0 saturated heterocycles. The average Bonchev–Trinajstić information content (AvgIpc) is 2.73. The van der Waals surface area contributed by atoms with Gasteiger partial charge in [0.2, 0.25) is 0 Å². The maximum absolute atomic E-state index is 8.36. The normalized spacial score (nSPS) is 9.81. The van der Waals surface area contributed by atoms with E-state index in [4.69, 9.17) is 14.6 Å². The molecule has 0 bridgehead atoms. The van der Waals surface area contributed by atoms with E-state index < -0.39 is 0 Å². The summed E-state index contributed by atoms with van der Waals surface area (Å²) in [5.74, 6) is 0.950. The highest BCUT2D eigenvalue weighted by Gasteiger charge is 2.07. The summed E-state index contributed by atoms with van der Waals surface area (Å²) in [6.07, 6.45) is 3.55. The van der Waals surface area contributed by atoms with Crippen molar-refractivity contribution in [3.8, 4) is 28.0 Å². The van der Waals surface area contributed by atoms with E-state index >= 15 is 0 Å². The zero-order chi connectivity index (χ0) is 19.3. The van der Waals surface area contributed by atoms with Crippen LogP contribution in [0.1, 0.15) is 26.2 Å². The quantitative estimate of drug-likeness (QED) is 0.397. The van der Waals surface area contributed by atoms with Crippen molar-refractivity contribution in [2.45, 2.75) is 26.2 Å². The molecule has 27 heavy (non-hydrogen) atoms. The Morgan fingerprint density at radius 3 is 2.07 bits per heavy atom. The van der Waals surface area contributed by atoms with Crippen molar-refractivity contribution in [1.29, 1.82) is 0 Å². The number of hydrogen-bond acceptors (Lipinski definition) is 2. The van der Waals surface area contributed by atoms with Gasteiger partial charge in [0.1, 0.15) is 5.75 Å². The van der Waals surface area contributed by atoms with Crippen molar-refractivity contribution in [3.05, 3.63) is 78.9 Å². The van der Waals surface area contributed by atoms with Crippen LogP contribution in [-0.4, -0.2) is 18.2 Å². The third kappa shape index (κ3) is 6.30. The first-order chi connectivity index (χ1) is 13.3. The Kier molecular flexibility index (Phi) is 8.64. The van der Waals surface area contributed by atoms with Crippen LogP contribution in [0, 0.1) is 0 Å². The first-order valence-corrected chi connectivity index (χ1v) is 9.25. The highest BCUT2D eigenvalue weighted by Crippen LogP contribution is 2.33. The highest BCUT2D eigenvalue weighted by molar-refractivity contribution is 5.83. The van der Waals surface area contributed by atoms with Crippen molar-refractivity contribution in [1.82, 2.24) is 0 Å². The molecular weight excluding hydrogens is 336 g/mol. The van der Waals surface area contributed by atoms with Crippen molar-refractivity contribution < 1.29 is 14.6 Å². The van der Waals surface area contributed by atoms with Crippen LogP contribution in [0.25, 0.3) is 22.3 Å². The summed E-state index contributed by atoms with van der Waals surface area (Å²) in [6, 6.07) is 27.5. The number of unbranched alkanes of at least 4 members (excludes halogenated alkanes) is 2. The van der Waals surface area contributed by atoms with Crippen LogP contribution in [0.2, 0.25) is 0 Å². The van der Waals surface area contributed by atoms with Crippen molar-refractivity contribution in [3.63, 3.8) is 0 Å². The lowest BCUT2D eigenvalue weighted by molar-refractivity contribution is -0.122. The molecule has 0 fully saturated rings. The average molecular weight is 362 g/mol. The molecule has 0 aliphatic carbocycles. The standard InChI is InChI=1S/C23H24O.CH2O2/c1-2-3-9-17-24-21-14-10-13-20(18-21)23-16-8-7-15-22(23)19-11-5-4-6-12-19;2-1-3/h4-8,10-16,18H,2-3,9,17H2,1H3;1H,(H,2,3). The Labute approximate surface area is 161 Å². The summed E-state index contributed by atoms with van der Waals surface area (Å²) in [7, 11) is 0. The largest absolute Gasteiger partial charge is 0.494 e. The summed E-state index contributed by atoms with van der Waals surface area (Å²) >= 11 is 0. The Morgan fingerprint density at radius 1 is 0.815 bits per heavy atom. The third-order valence-corrected chi connectivity index (χ3v) is 4.17. The first kappa shape index (κ1) is 20.2. The topological polar surface area (TPSA) is 46.5 Å². The van der Waals surface area contributed by atoms with E-state index in [2.05, 4.69) is 79.7 Å². The fraction of sp³-hybridized carbons (Fsp3) is 0.208. The maximum atomic E-state index is 8.36. The van der Waals surface area contributed by atoms with Gasteiger partial charge in [0.15, 0.2) is 0 Å². The zero-order valence-electron chi connectivity index (χ0n) is 15.7. The lowest BCUT2D eigenvalue weighted by Crippen LogP contribution is -1.97. The van der Waals surface area contributed by atoms with Crippen LogP contribution < -0.4 is 4.74 Å². The minimum Gasteiger partial charge on any atom is -0.494 e. The second kappa shape index (κ2) is 11.5. The van der Waals surface area contributed by atoms with Gasteiger partial charge in [-0.05, 0) is 40.8 Å². The fourth-order valence-electron chi connectivity index (χ4n) is 2.90. The van der Waals surface area contributed by atoms with E-state index in [-0.39, 0.29) is 6.47 Å². The Bertz CT molecular complexity index is 813. The van der Waals surface area contributed by atoms with Crippen molar-refractivity contribution in [2.24, 2.45) is 0 Å². The minimum atomic E-state index is -0.250. The molecule has 0 saturated carbocycles. The molecule has 0 aromatic heterocycles. The number of carboxylic acid groups (broad SMARTS) is 1. The van der Waals surface area contributed by atoms with Gasteiger partial charge in [0.25, 0.3) is 6.47 Å². The molecule has 0 atom stereocenters. The summed E-state index contributed by atoms with van der Waals surface area (Å²) in [5.41, 5.74) is 4.92. The number of rotatable bonds is 7. The highest BCUT2D eigenvalue weighted by atomic mass is 16.5. The SMILES string of the molecule is CCCCCOc1cccc(-c2ccccc2-c2ccccc2)c1.O=CO. The van der Waals surface area contributed by atoms with E-state index in [1.54, 1.807) is 0 Å². The Hall–Kier alpha value is -3.07. The Balaban J connectivity index is 0.000000817. The number of hydrogen-bond donors (Lipinski definition) is 1. The van der Waals surface area contributed by atoms with Crippen LogP contribution in [0.5, 0.6) is 5.75 Å². The lowest BCUT2D eigenvalue weighted by atomic mass is 9.94. The van der Waals surface area contributed by atoms with Gasteiger partial charge in [-0.25, -0.2) is 0 Å². The predicted molar refractivity (Wildman–Crippen MR) is 111 cm³/mol. The van der Waals surface area contributed by atoms with E-state index in [0.29, 0.717) is 0 Å². The molecule has 3 aromatic rings. The van der Waals surface area contributed by atoms with E-state index in [9.17, 15) is 0 Å². The minimum absolute atomic E-state index is 0.250. The van der Waals surface area contributed by atoms with E-state index in [1.165, 1.54) is 35.1 Å². The van der Waals surface area contributed by atoms with Gasteiger partial charge in [0.05, 0.1) is 6.61 Å². The van der Waals surface area contributed by atoms with E-state index in [0.717, 1.165) is 18.8 Å². The van der Waals surface area contributed by atoms with Gasteiger partial charge in [-0.15, -0.1) is 0 Å². The summed E-state index contributed by atoms with van der Waals surface area (Å²) < 4.78 is 5.92. The summed E-state index contributed by atoms with van der Waals surface area (Å²) in [4.78, 5) is 8.36. The van der Waals surface area contributed by atoms with Crippen LogP contribution >= 0.6 is 0 Å². The third-order valence-electron chi connectivity index (χ3n) is 4.17. The smallest absolute Gasteiger partial charge is 0.290 e. The van der Waals surface area contributed by atoms with Gasteiger partial charge in [-0.3, -0.25) is 4.79 Å². The summed E-state index contributed by atoms with van der Waals surface area (Å²) in [6.45, 7) is 2.75. The second-order valence-electron chi connectivity index (χ2n) is 6.10. The number of benzene rings is 3. The molecule has 3 heteroatoms. The molecular formula is C24H26O3. The van der Waals surface area contributed by atoms with Crippen LogP contribution in [0.3, 0.4) is 0 Å². The Morgan fingerprint density at radius 2 is 1.41 bits per heavy atom. The van der Waals surface area contributed by atoms with Crippen LogP contribution in [0.4, 0.5) is 0 Å². The molecule has 0 heterocycles. The molecule has 0 unspecified atom stereocenters. The second-order valence-corrected chi connectivity index (χ2v) is 6.10. The monoisotopic (exact) mass is 362 g/mol. The van der Waals surface area contributed by atoms with Crippen molar-refractivity contribution >= 4 is 6.47 Å². The van der Waals surface area contributed by atoms with Gasteiger partial charge < -0.3 is 9.84 Å². The molecule has 1 N–H and O–H groups in total. The molecule has 0 aliphatic rings. The molecule has 0 aliphatic heterocycles. The number of carbonyl (C=O) groups is 1. The molecule has 140 valence electrons. The van der Waals surface area contributed by atoms with Gasteiger partial charge in [0, 0.05) is 0 Å². The van der Waals surface area contributed by atoms with E-state index in [1.807, 2.05) is 6.07 Å². The predicted octanol–water partition coefficient (Wildman–Crippen LogP) is 6.29. The molecule has 3 nitrogen and oxygen atoms in total. The van der Waals surface area contributed by atoms with Gasteiger partial charge in [-0.2, -0.15) is 0 Å².